The molecule has 0 bridgehead atoms. The summed E-state index contributed by atoms with van der Waals surface area (Å²) in [4.78, 5) is 36.3. The van der Waals surface area contributed by atoms with Crippen molar-refractivity contribution in [2.24, 2.45) is 0 Å². The summed E-state index contributed by atoms with van der Waals surface area (Å²) >= 11 is 1.27. The predicted molar refractivity (Wildman–Crippen MR) is 119 cm³/mol. The fourth-order valence-electron chi connectivity index (χ4n) is 3.35. The first kappa shape index (κ1) is 21.8. The van der Waals surface area contributed by atoms with E-state index in [1.807, 2.05) is 0 Å². The number of hydrogen-bond acceptors (Lipinski definition) is 10. The Morgan fingerprint density at radius 3 is 2.47 bits per heavy atom. The van der Waals surface area contributed by atoms with Gasteiger partial charge in [-0.1, -0.05) is 11.3 Å². The number of nitrogens with zero attached hydrogens (tertiary/aromatic N) is 4. The predicted octanol–water partition coefficient (Wildman–Crippen LogP) is 1.35. The molecule has 0 saturated carbocycles. The first-order valence-corrected chi connectivity index (χ1v) is 10.6. The van der Waals surface area contributed by atoms with Gasteiger partial charge in [-0.25, -0.2) is 4.98 Å². The molecule has 2 aromatic heterocycles. The number of thiazole rings is 1. The quantitative estimate of drug-likeness (QED) is 0.556. The molecule has 32 heavy (non-hydrogen) atoms. The SMILES string of the molecule is COc1cc(NC(=O)Cn2cnc3nc(N4CCOCC4)sc3c2=O)cc(OC)c1OC. The Morgan fingerprint density at radius 1 is 1.16 bits per heavy atom. The molecule has 1 aliphatic heterocycles. The molecule has 3 heterocycles. The number of carbonyl (C=O) groups is 1. The van der Waals surface area contributed by atoms with E-state index in [-0.39, 0.29) is 12.1 Å². The Bertz CT molecular complexity index is 1160. The van der Waals surface area contributed by atoms with Crippen LogP contribution in [0.3, 0.4) is 0 Å². The summed E-state index contributed by atoms with van der Waals surface area (Å²) in [6, 6.07) is 3.22. The maximum atomic E-state index is 12.9. The highest BCUT2D eigenvalue weighted by atomic mass is 32.1. The number of fused-ring (bicyclic) bond motifs is 1. The minimum Gasteiger partial charge on any atom is -0.493 e. The van der Waals surface area contributed by atoms with Crippen molar-refractivity contribution in [1.82, 2.24) is 14.5 Å². The van der Waals surface area contributed by atoms with E-state index in [1.165, 1.54) is 43.6 Å². The number of amides is 1. The standard InChI is InChI=1S/C20H23N5O6S/c1-28-13-8-12(9-14(29-2)16(13)30-3)22-15(26)10-25-11-21-18-17(19(25)27)32-20(23-18)24-4-6-31-7-5-24/h8-9,11H,4-7,10H2,1-3H3,(H,22,26). The molecule has 1 N–H and O–H groups in total. The molecule has 12 heteroatoms. The van der Waals surface area contributed by atoms with Gasteiger partial charge in [0.15, 0.2) is 22.3 Å². The summed E-state index contributed by atoms with van der Waals surface area (Å²) in [7, 11) is 4.48. The molecule has 170 valence electrons. The van der Waals surface area contributed by atoms with Gasteiger partial charge in [-0.2, -0.15) is 4.98 Å². The third-order valence-electron chi connectivity index (χ3n) is 4.92. The molecule has 1 aliphatic rings. The van der Waals surface area contributed by atoms with Crippen LogP contribution in [-0.2, 0) is 16.1 Å². The summed E-state index contributed by atoms with van der Waals surface area (Å²) in [5.41, 5.74) is 0.508. The van der Waals surface area contributed by atoms with E-state index in [0.717, 1.165) is 5.13 Å². The van der Waals surface area contributed by atoms with Gasteiger partial charge in [-0.05, 0) is 0 Å². The van der Waals surface area contributed by atoms with Gasteiger partial charge in [0, 0.05) is 30.9 Å². The second-order valence-corrected chi connectivity index (χ2v) is 7.87. The maximum Gasteiger partial charge on any atom is 0.273 e. The summed E-state index contributed by atoms with van der Waals surface area (Å²) in [6.45, 7) is 2.46. The minimum absolute atomic E-state index is 0.205. The number of hydrogen-bond donors (Lipinski definition) is 1. The topological polar surface area (TPSA) is 117 Å². The van der Waals surface area contributed by atoms with Crippen LogP contribution in [0, 0.1) is 0 Å². The zero-order valence-corrected chi connectivity index (χ0v) is 18.7. The molecule has 4 rings (SSSR count). The van der Waals surface area contributed by atoms with E-state index in [0.29, 0.717) is 59.6 Å². The van der Waals surface area contributed by atoms with Gasteiger partial charge < -0.3 is 29.2 Å². The lowest BCUT2D eigenvalue weighted by atomic mass is 10.2. The van der Waals surface area contributed by atoms with Gasteiger partial charge in [0.25, 0.3) is 5.56 Å². The van der Waals surface area contributed by atoms with Crippen LogP contribution in [0.2, 0.25) is 0 Å². The highest BCUT2D eigenvalue weighted by Crippen LogP contribution is 2.39. The number of methoxy groups -OCH3 is 3. The number of rotatable bonds is 7. The Morgan fingerprint density at radius 2 is 1.84 bits per heavy atom. The lowest BCUT2D eigenvalue weighted by molar-refractivity contribution is -0.116. The fourth-order valence-corrected chi connectivity index (χ4v) is 4.37. The number of nitrogens with one attached hydrogen (secondary N) is 1. The minimum atomic E-state index is -0.402. The van der Waals surface area contributed by atoms with E-state index in [4.69, 9.17) is 18.9 Å². The van der Waals surface area contributed by atoms with Crippen molar-refractivity contribution in [2.75, 3.05) is 57.8 Å². The molecule has 1 saturated heterocycles. The second-order valence-electron chi connectivity index (χ2n) is 6.89. The number of ether oxygens (including phenoxy) is 4. The number of aromatic nitrogens is 3. The van der Waals surface area contributed by atoms with Crippen LogP contribution in [-0.4, -0.2) is 68.1 Å². The Balaban J connectivity index is 1.54. The van der Waals surface area contributed by atoms with E-state index in [1.54, 1.807) is 12.1 Å². The van der Waals surface area contributed by atoms with Crippen LogP contribution in [0.15, 0.2) is 23.3 Å². The van der Waals surface area contributed by atoms with E-state index in [9.17, 15) is 9.59 Å². The smallest absolute Gasteiger partial charge is 0.273 e. The van der Waals surface area contributed by atoms with Gasteiger partial charge in [0.1, 0.15) is 17.6 Å². The number of morpholine rings is 1. The van der Waals surface area contributed by atoms with Crippen LogP contribution in [0.1, 0.15) is 0 Å². The van der Waals surface area contributed by atoms with Crippen LogP contribution >= 0.6 is 11.3 Å². The molecule has 1 amide bonds. The van der Waals surface area contributed by atoms with Crippen molar-refractivity contribution in [3.63, 3.8) is 0 Å². The summed E-state index contributed by atoms with van der Waals surface area (Å²) in [5, 5.41) is 3.48. The molecule has 0 aliphatic carbocycles. The van der Waals surface area contributed by atoms with Crippen molar-refractivity contribution < 1.29 is 23.7 Å². The van der Waals surface area contributed by atoms with Gasteiger partial charge >= 0.3 is 0 Å². The second kappa shape index (κ2) is 9.40. The van der Waals surface area contributed by atoms with Gasteiger partial charge in [-0.15, -0.1) is 0 Å². The Kier molecular flexibility index (Phi) is 6.42. The highest BCUT2D eigenvalue weighted by Gasteiger charge is 2.19. The van der Waals surface area contributed by atoms with Crippen LogP contribution in [0.5, 0.6) is 17.2 Å². The van der Waals surface area contributed by atoms with Gasteiger partial charge in [0.2, 0.25) is 11.7 Å². The molecular weight excluding hydrogens is 438 g/mol. The molecule has 0 unspecified atom stereocenters. The summed E-state index contributed by atoms with van der Waals surface area (Å²) in [6.07, 6.45) is 1.34. The largest absolute Gasteiger partial charge is 0.493 e. The summed E-state index contributed by atoms with van der Waals surface area (Å²) < 4.78 is 22.9. The monoisotopic (exact) mass is 461 g/mol. The third-order valence-corrected chi connectivity index (χ3v) is 6.01. The lowest BCUT2D eigenvalue weighted by Gasteiger charge is -2.25. The molecule has 1 fully saturated rings. The molecule has 1 aromatic carbocycles. The third kappa shape index (κ3) is 4.32. The van der Waals surface area contributed by atoms with Crippen molar-refractivity contribution in [2.45, 2.75) is 6.54 Å². The van der Waals surface area contributed by atoms with Gasteiger partial charge in [0.05, 0.1) is 34.5 Å². The van der Waals surface area contributed by atoms with Crippen molar-refractivity contribution >= 4 is 38.4 Å². The molecular formula is C20H23N5O6S. The normalized spacial score (nSPS) is 13.8. The van der Waals surface area contributed by atoms with Crippen molar-refractivity contribution in [1.29, 1.82) is 0 Å². The number of carbonyl (C=O) groups excluding carboxylic acids is 1. The number of anilines is 2. The average Bonchev–Trinajstić information content (AvgIpc) is 3.26. The van der Waals surface area contributed by atoms with Crippen LogP contribution in [0.25, 0.3) is 10.3 Å². The van der Waals surface area contributed by atoms with Crippen molar-refractivity contribution in [3.8, 4) is 17.2 Å². The zero-order chi connectivity index (χ0) is 22.7. The highest BCUT2D eigenvalue weighted by molar-refractivity contribution is 7.22. The molecule has 0 spiro atoms. The van der Waals surface area contributed by atoms with Crippen LogP contribution in [0.4, 0.5) is 10.8 Å². The maximum absolute atomic E-state index is 12.9. The van der Waals surface area contributed by atoms with Crippen molar-refractivity contribution in [3.05, 3.63) is 28.8 Å². The molecule has 0 atom stereocenters. The molecule has 3 aromatic rings. The first-order chi connectivity index (χ1) is 15.5. The molecule has 0 radical (unpaired) electrons. The zero-order valence-electron chi connectivity index (χ0n) is 17.9. The van der Waals surface area contributed by atoms with E-state index < -0.39 is 5.91 Å². The van der Waals surface area contributed by atoms with E-state index >= 15 is 0 Å². The number of benzene rings is 1. The fraction of sp³-hybridized carbons (Fsp3) is 0.400. The molecule has 11 nitrogen and oxygen atoms in total. The lowest BCUT2D eigenvalue weighted by Crippen LogP contribution is -2.36. The van der Waals surface area contributed by atoms with E-state index in [2.05, 4.69) is 20.2 Å². The average molecular weight is 462 g/mol. The Labute approximate surface area is 187 Å². The van der Waals surface area contributed by atoms with Crippen LogP contribution < -0.4 is 30.0 Å². The summed E-state index contributed by atoms with van der Waals surface area (Å²) in [5.74, 6) is 0.825. The van der Waals surface area contributed by atoms with Gasteiger partial charge in [-0.3, -0.25) is 14.2 Å². The Hall–Kier alpha value is -3.38. The first-order valence-electron chi connectivity index (χ1n) is 9.82.